The number of aryl methyl sites for hydroxylation is 1. The molecule has 2 aliphatic rings. The Morgan fingerprint density at radius 3 is 2.30 bits per heavy atom. The van der Waals surface area contributed by atoms with E-state index in [2.05, 4.69) is 27.2 Å². The van der Waals surface area contributed by atoms with Gasteiger partial charge >= 0.3 is 0 Å². The number of carbonyl (C=O) groups is 1. The number of rotatable bonds is 6. The molecule has 6 nitrogen and oxygen atoms in total. The number of ether oxygens (including phenoxy) is 2. The summed E-state index contributed by atoms with van der Waals surface area (Å²) in [6.07, 6.45) is 1.00. The summed E-state index contributed by atoms with van der Waals surface area (Å²) in [6.45, 7) is 6.27. The first kappa shape index (κ1) is 21.0. The van der Waals surface area contributed by atoms with Gasteiger partial charge in [0, 0.05) is 43.3 Å². The fraction of sp³-hybridized carbons (Fsp3) is 0.435. The van der Waals surface area contributed by atoms with E-state index in [0.717, 1.165) is 62.0 Å². The first-order chi connectivity index (χ1) is 14.7. The van der Waals surface area contributed by atoms with Crippen molar-refractivity contribution in [2.45, 2.75) is 12.8 Å². The van der Waals surface area contributed by atoms with Gasteiger partial charge in [0.05, 0.1) is 37.8 Å². The van der Waals surface area contributed by atoms with Gasteiger partial charge in [-0.25, -0.2) is 0 Å². The van der Waals surface area contributed by atoms with Crippen LogP contribution in [0.4, 0.5) is 17.1 Å². The zero-order valence-corrected chi connectivity index (χ0v) is 17.9. The summed E-state index contributed by atoms with van der Waals surface area (Å²) in [5, 5.41) is 3.82. The number of nitrogens with one attached hydrogen (secondary N) is 1. The standard InChI is InChI=1S/C23H28ClN3O3/c24-20-4-2-1-3-18(20)5-8-23(28)25-21-7-6-19(26-9-13-29-14-10-26)17-22(21)27-11-15-30-16-12-27/h1-4,6-7,17H,5,8-16H2,(H,25,28). The molecule has 160 valence electrons. The largest absolute Gasteiger partial charge is 0.378 e. The molecule has 0 unspecified atom stereocenters. The zero-order chi connectivity index (χ0) is 20.8. The lowest BCUT2D eigenvalue weighted by molar-refractivity contribution is -0.116. The van der Waals surface area contributed by atoms with Gasteiger partial charge in [-0.05, 0) is 36.2 Å². The molecule has 1 amide bonds. The number of carbonyl (C=O) groups excluding carboxylic acids is 1. The Morgan fingerprint density at radius 2 is 1.60 bits per heavy atom. The Morgan fingerprint density at radius 1 is 0.933 bits per heavy atom. The van der Waals surface area contributed by atoms with Gasteiger partial charge in [-0.3, -0.25) is 4.79 Å². The van der Waals surface area contributed by atoms with Crippen LogP contribution < -0.4 is 15.1 Å². The SMILES string of the molecule is O=C(CCc1ccccc1Cl)Nc1ccc(N2CCOCC2)cc1N1CCOCC1. The molecule has 0 aliphatic carbocycles. The minimum absolute atomic E-state index is 0.0106. The molecule has 0 spiro atoms. The molecule has 2 aliphatic heterocycles. The van der Waals surface area contributed by atoms with E-state index in [1.165, 1.54) is 0 Å². The van der Waals surface area contributed by atoms with Crippen molar-refractivity contribution in [3.05, 3.63) is 53.1 Å². The molecular weight excluding hydrogens is 402 g/mol. The summed E-state index contributed by atoms with van der Waals surface area (Å²) in [6, 6.07) is 13.9. The Labute approximate surface area is 182 Å². The van der Waals surface area contributed by atoms with Crippen molar-refractivity contribution < 1.29 is 14.3 Å². The molecule has 7 heteroatoms. The van der Waals surface area contributed by atoms with Gasteiger partial charge in [0.1, 0.15) is 0 Å². The Kier molecular flexibility index (Phi) is 7.10. The van der Waals surface area contributed by atoms with Crippen LogP contribution in [0.5, 0.6) is 0 Å². The molecule has 0 bridgehead atoms. The van der Waals surface area contributed by atoms with Crippen molar-refractivity contribution >= 4 is 34.6 Å². The zero-order valence-electron chi connectivity index (χ0n) is 17.1. The van der Waals surface area contributed by atoms with Crippen LogP contribution in [0, 0.1) is 0 Å². The lowest BCUT2D eigenvalue weighted by Crippen LogP contribution is -2.38. The molecule has 30 heavy (non-hydrogen) atoms. The number of hydrogen-bond acceptors (Lipinski definition) is 5. The second-order valence-corrected chi connectivity index (χ2v) is 7.95. The smallest absolute Gasteiger partial charge is 0.224 e. The molecule has 2 fully saturated rings. The van der Waals surface area contributed by atoms with Crippen LogP contribution in [-0.4, -0.2) is 58.5 Å². The van der Waals surface area contributed by atoms with E-state index in [9.17, 15) is 4.79 Å². The van der Waals surface area contributed by atoms with Gasteiger partial charge in [-0.2, -0.15) is 0 Å². The summed E-state index contributed by atoms with van der Waals surface area (Å²) in [7, 11) is 0. The normalized spacial score (nSPS) is 17.1. The topological polar surface area (TPSA) is 54.0 Å². The molecule has 2 heterocycles. The van der Waals surface area contributed by atoms with Crippen LogP contribution in [0.3, 0.4) is 0 Å². The molecular formula is C23H28ClN3O3. The number of morpholine rings is 2. The molecule has 1 N–H and O–H groups in total. The van der Waals surface area contributed by atoms with Crippen LogP contribution in [0.2, 0.25) is 5.02 Å². The Balaban J connectivity index is 1.49. The van der Waals surface area contributed by atoms with E-state index in [1.54, 1.807) is 0 Å². The van der Waals surface area contributed by atoms with E-state index in [1.807, 2.05) is 30.3 Å². The second kappa shape index (κ2) is 10.2. The number of amides is 1. The van der Waals surface area contributed by atoms with Gasteiger partial charge in [0.25, 0.3) is 0 Å². The second-order valence-electron chi connectivity index (χ2n) is 7.54. The van der Waals surface area contributed by atoms with Crippen LogP contribution in [0.15, 0.2) is 42.5 Å². The summed E-state index contributed by atoms with van der Waals surface area (Å²) in [4.78, 5) is 17.3. The maximum atomic E-state index is 12.7. The van der Waals surface area contributed by atoms with Crippen LogP contribution in [-0.2, 0) is 20.7 Å². The van der Waals surface area contributed by atoms with Crippen molar-refractivity contribution in [3.63, 3.8) is 0 Å². The molecule has 0 atom stereocenters. The van der Waals surface area contributed by atoms with Crippen molar-refractivity contribution in [1.82, 2.24) is 0 Å². The third kappa shape index (κ3) is 5.25. The van der Waals surface area contributed by atoms with Gasteiger partial charge in [-0.15, -0.1) is 0 Å². The first-order valence-electron chi connectivity index (χ1n) is 10.5. The van der Waals surface area contributed by atoms with Gasteiger partial charge in [0.15, 0.2) is 0 Å². The molecule has 4 rings (SSSR count). The minimum atomic E-state index is -0.0106. The highest BCUT2D eigenvalue weighted by atomic mass is 35.5. The lowest BCUT2D eigenvalue weighted by atomic mass is 10.1. The summed E-state index contributed by atoms with van der Waals surface area (Å²) in [5.74, 6) is -0.0106. The Hall–Kier alpha value is -2.28. The third-order valence-corrected chi connectivity index (χ3v) is 5.93. The third-order valence-electron chi connectivity index (χ3n) is 5.56. The predicted octanol–water partition coefficient (Wildman–Crippen LogP) is 3.58. The lowest BCUT2D eigenvalue weighted by Gasteiger charge is -2.33. The highest BCUT2D eigenvalue weighted by Crippen LogP contribution is 2.32. The van der Waals surface area contributed by atoms with Crippen molar-refractivity contribution in [2.24, 2.45) is 0 Å². The van der Waals surface area contributed by atoms with Crippen LogP contribution >= 0.6 is 11.6 Å². The van der Waals surface area contributed by atoms with Gasteiger partial charge < -0.3 is 24.6 Å². The molecule has 2 aromatic rings. The maximum absolute atomic E-state index is 12.7. The maximum Gasteiger partial charge on any atom is 0.224 e. The number of halogens is 1. The number of hydrogen-bond donors (Lipinski definition) is 1. The number of anilines is 3. The highest BCUT2D eigenvalue weighted by molar-refractivity contribution is 6.31. The van der Waals surface area contributed by atoms with E-state index < -0.39 is 0 Å². The molecule has 0 radical (unpaired) electrons. The molecule has 2 saturated heterocycles. The fourth-order valence-electron chi connectivity index (χ4n) is 3.87. The average Bonchev–Trinajstić information content (AvgIpc) is 2.80. The quantitative estimate of drug-likeness (QED) is 0.760. The van der Waals surface area contributed by atoms with Crippen LogP contribution in [0.1, 0.15) is 12.0 Å². The number of nitrogens with zero attached hydrogens (tertiary/aromatic N) is 2. The summed E-state index contributed by atoms with van der Waals surface area (Å²) >= 11 is 6.22. The molecule has 2 aromatic carbocycles. The monoisotopic (exact) mass is 429 g/mol. The van der Waals surface area contributed by atoms with Crippen molar-refractivity contribution in [2.75, 3.05) is 67.7 Å². The van der Waals surface area contributed by atoms with Crippen molar-refractivity contribution in [3.8, 4) is 0 Å². The minimum Gasteiger partial charge on any atom is -0.378 e. The predicted molar refractivity (Wildman–Crippen MR) is 121 cm³/mol. The summed E-state index contributed by atoms with van der Waals surface area (Å²) in [5.41, 5.74) is 4.05. The molecule has 0 aromatic heterocycles. The van der Waals surface area contributed by atoms with Crippen molar-refractivity contribution in [1.29, 1.82) is 0 Å². The van der Waals surface area contributed by atoms with E-state index in [4.69, 9.17) is 21.1 Å². The van der Waals surface area contributed by atoms with E-state index >= 15 is 0 Å². The number of benzene rings is 2. The Bertz CT molecular complexity index is 865. The molecule has 0 saturated carbocycles. The summed E-state index contributed by atoms with van der Waals surface area (Å²) < 4.78 is 11.0. The van der Waals surface area contributed by atoms with Gasteiger partial charge in [-0.1, -0.05) is 29.8 Å². The van der Waals surface area contributed by atoms with Gasteiger partial charge in [0.2, 0.25) is 5.91 Å². The highest BCUT2D eigenvalue weighted by Gasteiger charge is 2.19. The van der Waals surface area contributed by atoms with E-state index in [0.29, 0.717) is 31.1 Å². The average molecular weight is 430 g/mol. The fourth-order valence-corrected chi connectivity index (χ4v) is 4.10. The van der Waals surface area contributed by atoms with Crippen LogP contribution in [0.25, 0.3) is 0 Å². The van der Waals surface area contributed by atoms with E-state index in [-0.39, 0.29) is 5.91 Å². The first-order valence-corrected chi connectivity index (χ1v) is 10.9.